The van der Waals surface area contributed by atoms with Crippen molar-refractivity contribution in [2.24, 2.45) is 0 Å². The smallest absolute Gasteiger partial charge is 0.421 e. The average Bonchev–Trinajstić information content (AvgIpc) is 2.07. The quantitative estimate of drug-likeness (QED) is 0.710. The summed E-state index contributed by atoms with van der Waals surface area (Å²) in [4.78, 5) is 0. The first-order valence-corrected chi connectivity index (χ1v) is 4.26. The molecule has 0 amide bonds. The van der Waals surface area contributed by atoms with Crippen molar-refractivity contribution in [2.75, 3.05) is 7.11 Å². The fraction of sp³-hybridized carbons (Fsp3) is 0.250. The first-order chi connectivity index (χ1) is 6.38. The normalized spacial score (nSPS) is 11.6. The molecule has 0 aromatic heterocycles. The molecule has 0 aliphatic carbocycles. The summed E-state index contributed by atoms with van der Waals surface area (Å²) in [5.74, 6) is -1.39. The standard InChI is InChI=1S/C8H5BrF4O/c1-14-5-3-2-4(10)7(9)6(5)8(11,12)13/h2-3H,1H3. The van der Waals surface area contributed by atoms with E-state index >= 15 is 0 Å². The monoisotopic (exact) mass is 272 g/mol. The van der Waals surface area contributed by atoms with Gasteiger partial charge in [-0.15, -0.1) is 0 Å². The molecule has 1 rings (SSSR count). The van der Waals surface area contributed by atoms with Gasteiger partial charge in [-0.1, -0.05) is 0 Å². The highest BCUT2D eigenvalue weighted by molar-refractivity contribution is 9.10. The van der Waals surface area contributed by atoms with Crippen LogP contribution >= 0.6 is 15.9 Å². The molecular formula is C8H5BrF4O. The third kappa shape index (κ3) is 2.00. The molecule has 0 unspecified atom stereocenters. The average molecular weight is 273 g/mol. The van der Waals surface area contributed by atoms with Crippen molar-refractivity contribution in [3.8, 4) is 5.75 Å². The summed E-state index contributed by atoms with van der Waals surface area (Å²) in [5, 5.41) is 0. The van der Waals surface area contributed by atoms with E-state index in [2.05, 4.69) is 20.7 Å². The molecule has 1 aromatic rings. The summed E-state index contributed by atoms with van der Waals surface area (Å²) < 4.78 is 53.9. The van der Waals surface area contributed by atoms with Crippen molar-refractivity contribution in [2.45, 2.75) is 6.18 Å². The molecule has 0 saturated heterocycles. The third-order valence-corrected chi connectivity index (χ3v) is 2.34. The van der Waals surface area contributed by atoms with Gasteiger partial charge < -0.3 is 4.74 Å². The molecule has 0 fully saturated rings. The lowest BCUT2D eigenvalue weighted by Gasteiger charge is -2.13. The van der Waals surface area contributed by atoms with Crippen molar-refractivity contribution in [3.05, 3.63) is 28.0 Å². The van der Waals surface area contributed by atoms with Gasteiger partial charge in [0.2, 0.25) is 0 Å². The van der Waals surface area contributed by atoms with Crippen molar-refractivity contribution >= 4 is 15.9 Å². The molecule has 0 N–H and O–H groups in total. The third-order valence-electron chi connectivity index (χ3n) is 1.56. The van der Waals surface area contributed by atoms with Gasteiger partial charge in [0.15, 0.2) is 0 Å². The molecule has 0 atom stereocenters. The number of methoxy groups -OCH3 is 1. The van der Waals surface area contributed by atoms with E-state index in [1.165, 1.54) is 0 Å². The summed E-state index contributed by atoms with van der Waals surface area (Å²) in [6.45, 7) is 0. The second kappa shape index (κ2) is 3.76. The summed E-state index contributed by atoms with van der Waals surface area (Å²) in [6, 6.07) is 1.83. The van der Waals surface area contributed by atoms with Gasteiger partial charge in [0.05, 0.1) is 11.6 Å². The second-order valence-electron chi connectivity index (χ2n) is 2.44. The van der Waals surface area contributed by atoms with Gasteiger partial charge in [-0.05, 0) is 28.1 Å². The molecule has 0 saturated carbocycles. The van der Waals surface area contributed by atoms with Crippen molar-refractivity contribution in [1.29, 1.82) is 0 Å². The number of ether oxygens (including phenoxy) is 1. The summed E-state index contributed by atoms with van der Waals surface area (Å²) in [7, 11) is 1.09. The van der Waals surface area contributed by atoms with Crippen LogP contribution in [0.5, 0.6) is 5.75 Å². The molecule has 0 aliphatic rings. The minimum absolute atomic E-state index is 0.411. The predicted octanol–water partition coefficient (Wildman–Crippen LogP) is 3.62. The van der Waals surface area contributed by atoms with E-state index in [0.29, 0.717) is 0 Å². The lowest BCUT2D eigenvalue weighted by molar-refractivity contribution is -0.139. The van der Waals surface area contributed by atoms with E-state index in [1.807, 2.05) is 0 Å². The van der Waals surface area contributed by atoms with E-state index in [1.54, 1.807) is 0 Å². The maximum Gasteiger partial charge on any atom is 0.421 e. The summed E-state index contributed by atoms with van der Waals surface area (Å²) in [6.07, 6.45) is -4.65. The fourth-order valence-electron chi connectivity index (χ4n) is 0.967. The molecule has 0 heterocycles. The van der Waals surface area contributed by atoms with E-state index < -0.39 is 27.8 Å². The van der Waals surface area contributed by atoms with E-state index in [9.17, 15) is 17.6 Å². The van der Waals surface area contributed by atoms with Gasteiger partial charge in [0.1, 0.15) is 17.1 Å². The molecule has 1 aromatic carbocycles. The number of benzene rings is 1. The van der Waals surface area contributed by atoms with Gasteiger partial charge in [0.25, 0.3) is 0 Å². The molecular weight excluding hydrogens is 268 g/mol. The Morgan fingerprint density at radius 3 is 2.29 bits per heavy atom. The van der Waals surface area contributed by atoms with Crippen LogP contribution in [0, 0.1) is 5.82 Å². The molecule has 0 bridgehead atoms. The van der Waals surface area contributed by atoms with Gasteiger partial charge in [-0.2, -0.15) is 13.2 Å². The van der Waals surface area contributed by atoms with Crippen molar-refractivity contribution in [1.82, 2.24) is 0 Å². The van der Waals surface area contributed by atoms with Gasteiger partial charge in [0, 0.05) is 0 Å². The van der Waals surface area contributed by atoms with Crippen molar-refractivity contribution in [3.63, 3.8) is 0 Å². The van der Waals surface area contributed by atoms with Crippen LogP contribution in [0.1, 0.15) is 5.56 Å². The van der Waals surface area contributed by atoms with Gasteiger partial charge in [-0.3, -0.25) is 0 Å². The maximum absolute atomic E-state index is 12.8. The Kier molecular flexibility index (Phi) is 3.04. The van der Waals surface area contributed by atoms with Crippen LogP contribution in [-0.2, 0) is 6.18 Å². The zero-order chi connectivity index (χ0) is 10.9. The molecule has 0 aliphatic heterocycles. The van der Waals surface area contributed by atoms with Crippen LogP contribution in [0.25, 0.3) is 0 Å². The van der Waals surface area contributed by atoms with Gasteiger partial charge >= 0.3 is 6.18 Å². The number of hydrogen-bond acceptors (Lipinski definition) is 1. The predicted molar refractivity (Wildman–Crippen MR) is 45.7 cm³/mol. The number of alkyl halides is 3. The Hall–Kier alpha value is -0.780. The van der Waals surface area contributed by atoms with Crippen LogP contribution in [0.3, 0.4) is 0 Å². The lowest BCUT2D eigenvalue weighted by atomic mass is 10.2. The zero-order valence-corrected chi connectivity index (χ0v) is 8.54. The Morgan fingerprint density at radius 2 is 1.86 bits per heavy atom. The van der Waals surface area contributed by atoms with E-state index in [4.69, 9.17) is 0 Å². The second-order valence-corrected chi connectivity index (χ2v) is 3.23. The maximum atomic E-state index is 12.8. The van der Waals surface area contributed by atoms with E-state index in [0.717, 1.165) is 19.2 Å². The molecule has 1 nitrogen and oxygen atoms in total. The van der Waals surface area contributed by atoms with Crippen LogP contribution in [0.15, 0.2) is 16.6 Å². The highest BCUT2D eigenvalue weighted by Crippen LogP contribution is 2.41. The highest BCUT2D eigenvalue weighted by atomic mass is 79.9. The Balaban J connectivity index is 3.44. The highest BCUT2D eigenvalue weighted by Gasteiger charge is 2.37. The zero-order valence-electron chi connectivity index (χ0n) is 6.95. The first kappa shape index (κ1) is 11.3. The molecule has 78 valence electrons. The SMILES string of the molecule is COc1ccc(F)c(Br)c1C(F)(F)F. The first-order valence-electron chi connectivity index (χ1n) is 3.47. The number of halogens is 5. The molecule has 6 heteroatoms. The largest absolute Gasteiger partial charge is 0.496 e. The minimum atomic E-state index is -4.65. The van der Waals surface area contributed by atoms with Crippen molar-refractivity contribution < 1.29 is 22.3 Å². The Labute approximate surface area is 85.8 Å². The Morgan fingerprint density at radius 1 is 1.29 bits per heavy atom. The lowest BCUT2D eigenvalue weighted by Crippen LogP contribution is -2.09. The van der Waals surface area contributed by atoms with Crippen LogP contribution in [0.4, 0.5) is 17.6 Å². The molecule has 14 heavy (non-hydrogen) atoms. The van der Waals surface area contributed by atoms with Crippen LogP contribution in [-0.4, -0.2) is 7.11 Å². The minimum Gasteiger partial charge on any atom is -0.496 e. The number of rotatable bonds is 1. The summed E-state index contributed by atoms with van der Waals surface area (Å²) >= 11 is 2.53. The van der Waals surface area contributed by atoms with Crippen LogP contribution < -0.4 is 4.74 Å². The number of hydrogen-bond donors (Lipinski definition) is 0. The van der Waals surface area contributed by atoms with E-state index in [-0.39, 0.29) is 0 Å². The molecule has 0 radical (unpaired) electrons. The fourth-order valence-corrected chi connectivity index (χ4v) is 1.52. The topological polar surface area (TPSA) is 9.23 Å². The Bertz CT molecular complexity index is 348. The van der Waals surface area contributed by atoms with Gasteiger partial charge in [-0.25, -0.2) is 4.39 Å². The van der Waals surface area contributed by atoms with Crippen LogP contribution in [0.2, 0.25) is 0 Å². The summed E-state index contributed by atoms with van der Waals surface area (Å²) in [5.41, 5.74) is -1.14. The molecule has 0 spiro atoms.